The van der Waals surface area contributed by atoms with Crippen LogP contribution in [0.15, 0.2) is 53.4 Å². The number of hydrogen-bond acceptors (Lipinski definition) is 3. The summed E-state index contributed by atoms with van der Waals surface area (Å²) in [7, 11) is 0. The molecule has 1 heterocycles. The first kappa shape index (κ1) is 18.6. The molecule has 0 aliphatic heterocycles. The van der Waals surface area contributed by atoms with Crippen LogP contribution in [0.25, 0.3) is 10.9 Å². The highest BCUT2D eigenvalue weighted by atomic mass is 32.2. The first-order valence-electron chi connectivity index (χ1n) is 9.00. The molecule has 136 valence electrons. The maximum absolute atomic E-state index is 12.5. The summed E-state index contributed by atoms with van der Waals surface area (Å²) in [5.74, 6) is -0.269. The maximum Gasteiger partial charge on any atom is 0.354 e. The average molecular weight is 368 g/mol. The lowest BCUT2D eigenvalue weighted by Gasteiger charge is -2.12. The highest BCUT2D eigenvalue weighted by Crippen LogP contribution is 2.29. The summed E-state index contributed by atoms with van der Waals surface area (Å²) < 4.78 is 7.37. The molecule has 0 radical (unpaired) electrons. The number of benzene rings is 2. The summed E-state index contributed by atoms with van der Waals surface area (Å²) in [6.07, 6.45) is 0. The van der Waals surface area contributed by atoms with Crippen LogP contribution in [0.1, 0.15) is 42.4 Å². The van der Waals surface area contributed by atoms with Gasteiger partial charge in [0.2, 0.25) is 0 Å². The lowest BCUT2D eigenvalue weighted by atomic mass is 10.1. The average Bonchev–Trinajstić information content (AvgIpc) is 2.93. The summed E-state index contributed by atoms with van der Waals surface area (Å²) in [6, 6.07) is 16.7. The van der Waals surface area contributed by atoms with E-state index in [1.165, 1.54) is 16.0 Å². The van der Waals surface area contributed by atoms with Gasteiger partial charge in [-0.05, 0) is 37.6 Å². The normalized spacial score (nSPS) is 11.3. The third-order valence-electron chi connectivity index (χ3n) is 4.16. The van der Waals surface area contributed by atoms with Gasteiger partial charge >= 0.3 is 5.97 Å². The van der Waals surface area contributed by atoms with Crippen molar-refractivity contribution in [1.29, 1.82) is 0 Å². The Hall–Kier alpha value is -2.20. The number of carbonyl (C=O) groups is 1. The molecule has 0 amide bonds. The SMILES string of the molecule is CCOC(=O)c1cc2ccc(SC(C)C)cc2n1Cc1cccc(C)c1. The molecular weight excluding hydrogens is 342 g/mol. The highest BCUT2D eigenvalue weighted by molar-refractivity contribution is 7.99. The van der Waals surface area contributed by atoms with Crippen molar-refractivity contribution in [3.8, 4) is 0 Å². The molecule has 4 heteroatoms. The Morgan fingerprint density at radius 3 is 2.65 bits per heavy atom. The fourth-order valence-corrected chi connectivity index (χ4v) is 3.99. The van der Waals surface area contributed by atoms with Gasteiger partial charge in [-0.15, -0.1) is 11.8 Å². The van der Waals surface area contributed by atoms with Crippen LogP contribution in [-0.2, 0) is 11.3 Å². The molecular formula is C22H25NO2S. The number of nitrogens with zero attached hydrogens (tertiary/aromatic N) is 1. The van der Waals surface area contributed by atoms with Crippen molar-refractivity contribution in [2.45, 2.75) is 44.4 Å². The van der Waals surface area contributed by atoms with Crippen LogP contribution in [0.5, 0.6) is 0 Å². The van der Waals surface area contributed by atoms with Crippen LogP contribution in [0.4, 0.5) is 0 Å². The van der Waals surface area contributed by atoms with Crippen LogP contribution >= 0.6 is 11.8 Å². The largest absolute Gasteiger partial charge is 0.461 e. The van der Waals surface area contributed by atoms with Crippen LogP contribution < -0.4 is 0 Å². The Kier molecular flexibility index (Phi) is 5.72. The molecule has 0 aliphatic carbocycles. The van der Waals surface area contributed by atoms with Gasteiger partial charge in [0.05, 0.1) is 12.1 Å². The molecule has 0 bridgehead atoms. The molecule has 0 N–H and O–H groups in total. The number of carbonyl (C=O) groups excluding carboxylic acids is 1. The number of aromatic nitrogens is 1. The van der Waals surface area contributed by atoms with E-state index in [9.17, 15) is 4.79 Å². The summed E-state index contributed by atoms with van der Waals surface area (Å²) in [6.45, 7) is 9.31. The second-order valence-corrected chi connectivity index (χ2v) is 8.36. The molecule has 0 atom stereocenters. The van der Waals surface area contributed by atoms with Crippen molar-refractivity contribution in [1.82, 2.24) is 4.57 Å². The predicted molar refractivity (Wildman–Crippen MR) is 109 cm³/mol. The number of rotatable bonds is 6. The van der Waals surface area contributed by atoms with E-state index in [1.54, 1.807) is 0 Å². The summed E-state index contributed by atoms with van der Waals surface area (Å²) in [5, 5.41) is 1.57. The van der Waals surface area contributed by atoms with E-state index < -0.39 is 0 Å². The lowest BCUT2D eigenvalue weighted by molar-refractivity contribution is 0.0515. The number of hydrogen-bond donors (Lipinski definition) is 0. The molecule has 3 aromatic rings. The van der Waals surface area contributed by atoms with Crippen molar-refractivity contribution < 1.29 is 9.53 Å². The Balaban J connectivity index is 2.10. The molecule has 0 spiro atoms. The van der Waals surface area contributed by atoms with Gasteiger partial charge < -0.3 is 9.30 Å². The lowest BCUT2D eigenvalue weighted by Crippen LogP contribution is -2.13. The maximum atomic E-state index is 12.5. The zero-order valence-corrected chi connectivity index (χ0v) is 16.6. The molecule has 0 saturated heterocycles. The molecule has 0 saturated carbocycles. The Bertz CT molecular complexity index is 927. The Morgan fingerprint density at radius 2 is 1.96 bits per heavy atom. The second kappa shape index (κ2) is 8.00. The van der Waals surface area contributed by atoms with Gasteiger partial charge in [-0.3, -0.25) is 0 Å². The summed E-state index contributed by atoms with van der Waals surface area (Å²) in [5.41, 5.74) is 4.07. The van der Waals surface area contributed by atoms with E-state index in [2.05, 4.69) is 67.8 Å². The van der Waals surface area contributed by atoms with Gasteiger partial charge in [0.25, 0.3) is 0 Å². The standard InChI is InChI=1S/C22H25NO2S/c1-5-25-22(24)21-12-18-9-10-19(26-15(2)3)13-20(18)23(21)14-17-8-6-7-16(4)11-17/h6-13,15H,5,14H2,1-4H3. The molecule has 3 nitrogen and oxygen atoms in total. The molecule has 2 aromatic carbocycles. The van der Waals surface area contributed by atoms with Gasteiger partial charge in [0.15, 0.2) is 0 Å². The first-order chi connectivity index (χ1) is 12.5. The summed E-state index contributed by atoms with van der Waals surface area (Å²) >= 11 is 1.83. The second-order valence-electron chi connectivity index (χ2n) is 6.71. The van der Waals surface area contributed by atoms with E-state index in [-0.39, 0.29) is 5.97 Å². The van der Waals surface area contributed by atoms with Crippen molar-refractivity contribution in [3.05, 3.63) is 65.4 Å². The quantitative estimate of drug-likeness (QED) is 0.415. The Labute approximate surface area is 159 Å². The number of ether oxygens (including phenoxy) is 1. The number of thioether (sulfide) groups is 1. The van der Waals surface area contributed by atoms with E-state index in [4.69, 9.17) is 4.74 Å². The van der Waals surface area contributed by atoms with E-state index in [0.717, 1.165) is 10.9 Å². The van der Waals surface area contributed by atoms with Crippen LogP contribution in [0.2, 0.25) is 0 Å². The number of aryl methyl sites for hydroxylation is 1. The molecule has 0 fully saturated rings. The van der Waals surface area contributed by atoms with Crippen LogP contribution in [0.3, 0.4) is 0 Å². The third kappa shape index (κ3) is 4.13. The molecule has 3 rings (SSSR count). The smallest absolute Gasteiger partial charge is 0.354 e. The topological polar surface area (TPSA) is 31.2 Å². The summed E-state index contributed by atoms with van der Waals surface area (Å²) in [4.78, 5) is 13.7. The number of fused-ring (bicyclic) bond motifs is 1. The van der Waals surface area contributed by atoms with Crippen molar-refractivity contribution in [2.24, 2.45) is 0 Å². The molecule has 26 heavy (non-hydrogen) atoms. The predicted octanol–water partition coefficient (Wildman–Crippen LogP) is 5.68. The van der Waals surface area contributed by atoms with E-state index in [0.29, 0.717) is 24.1 Å². The molecule has 0 aliphatic rings. The van der Waals surface area contributed by atoms with Crippen molar-refractivity contribution >= 4 is 28.6 Å². The van der Waals surface area contributed by atoms with Gasteiger partial charge in [-0.1, -0.05) is 49.7 Å². The van der Waals surface area contributed by atoms with E-state index >= 15 is 0 Å². The monoisotopic (exact) mass is 367 g/mol. The van der Waals surface area contributed by atoms with Crippen molar-refractivity contribution in [2.75, 3.05) is 6.61 Å². The minimum absolute atomic E-state index is 0.269. The molecule has 0 unspecified atom stereocenters. The van der Waals surface area contributed by atoms with Gasteiger partial charge in [-0.25, -0.2) is 4.79 Å². The first-order valence-corrected chi connectivity index (χ1v) is 9.88. The van der Waals surface area contributed by atoms with Crippen LogP contribution in [-0.4, -0.2) is 22.4 Å². The fourth-order valence-electron chi connectivity index (χ4n) is 3.12. The van der Waals surface area contributed by atoms with E-state index in [1.807, 2.05) is 24.8 Å². The number of esters is 1. The fraction of sp³-hybridized carbons (Fsp3) is 0.318. The van der Waals surface area contributed by atoms with Gasteiger partial charge in [-0.2, -0.15) is 0 Å². The zero-order chi connectivity index (χ0) is 18.7. The minimum atomic E-state index is -0.269. The van der Waals surface area contributed by atoms with Gasteiger partial charge in [0, 0.05) is 22.1 Å². The van der Waals surface area contributed by atoms with Gasteiger partial charge in [0.1, 0.15) is 5.69 Å². The highest BCUT2D eigenvalue weighted by Gasteiger charge is 2.17. The van der Waals surface area contributed by atoms with Crippen molar-refractivity contribution in [3.63, 3.8) is 0 Å². The minimum Gasteiger partial charge on any atom is -0.461 e. The Morgan fingerprint density at radius 1 is 1.15 bits per heavy atom. The van der Waals surface area contributed by atoms with Crippen LogP contribution in [0, 0.1) is 6.92 Å². The third-order valence-corrected chi connectivity index (χ3v) is 5.15. The molecule has 1 aromatic heterocycles. The zero-order valence-electron chi connectivity index (χ0n) is 15.8.